The molecule has 1 aromatic heterocycles. The number of nitrogens with two attached hydrogens (primary N) is 1. The number of fused-ring (bicyclic) bond motifs is 1. The first-order chi connectivity index (χ1) is 15.3. The van der Waals surface area contributed by atoms with E-state index in [1.54, 1.807) is 18.2 Å². The van der Waals surface area contributed by atoms with Gasteiger partial charge in [0.05, 0.1) is 11.6 Å². The molecule has 0 aliphatic carbocycles. The van der Waals surface area contributed by atoms with Gasteiger partial charge in [-0.15, -0.1) is 0 Å². The second-order valence-electron chi connectivity index (χ2n) is 8.42. The Bertz CT molecular complexity index is 1150. The maximum atomic E-state index is 14.1. The number of imidazole rings is 1. The molecular weight excluding hydrogens is 466 g/mol. The summed E-state index contributed by atoms with van der Waals surface area (Å²) in [5.41, 5.74) is 7.53. The fourth-order valence-corrected chi connectivity index (χ4v) is 4.62. The number of nitrogens with one attached hydrogen (secondary N) is 1. The van der Waals surface area contributed by atoms with Gasteiger partial charge in [0.2, 0.25) is 0 Å². The molecule has 0 bridgehead atoms. The number of rotatable bonds is 6. The summed E-state index contributed by atoms with van der Waals surface area (Å²) in [4.78, 5) is 17.5. The number of Topliss-reactive ketones (excluding diaryl/α,β-unsaturated/α-hetero) is 1. The standard InChI is InChI=1S/C24H25ClF2N4O.H2S/c1-13(2)21-17(20(32)12-28)9-10-31-23(21)30-22(14-3-5-15(26)6-4-14)24(31)29-16-7-8-18(25)19(27)11-16;/h3-8,11,13,17,21,29H,9-10,12,28H2,1-2H3;1H2/t17?,21-;/m1./s1. The first kappa shape index (κ1) is 25.2. The van der Waals surface area contributed by atoms with Crippen LogP contribution in [0, 0.1) is 23.5 Å². The lowest BCUT2D eigenvalue weighted by Gasteiger charge is -2.34. The molecule has 5 nitrogen and oxygen atoms in total. The van der Waals surface area contributed by atoms with Gasteiger partial charge in [-0.2, -0.15) is 13.5 Å². The average molecular weight is 493 g/mol. The summed E-state index contributed by atoms with van der Waals surface area (Å²) in [6.45, 7) is 4.67. The number of ketones is 1. The minimum atomic E-state index is -0.535. The van der Waals surface area contributed by atoms with Crippen LogP contribution in [0.3, 0.4) is 0 Å². The summed E-state index contributed by atoms with van der Waals surface area (Å²) in [6.07, 6.45) is 0.634. The molecule has 0 saturated heterocycles. The van der Waals surface area contributed by atoms with Gasteiger partial charge in [0.1, 0.15) is 34.8 Å². The van der Waals surface area contributed by atoms with Crippen LogP contribution in [0.2, 0.25) is 5.02 Å². The number of carbonyl (C=O) groups is 1. The Morgan fingerprint density at radius 2 is 1.94 bits per heavy atom. The fraction of sp³-hybridized carbons (Fsp3) is 0.333. The van der Waals surface area contributed by atoms with E-state index in [0.717, 1.165) is 11.4 Å². The van der Waals surface area contributed by atoms with Gasteiger partial charge in [-0.3, -0.25) is 4.79 Å². The van der Waals surface area contributed by atoms with Crippen LogP contribution in [0.25, 0.3) is 11.3 Å². The highest BCUT2D eigenvalue weighted by molar-refractivity contribution is 7.59. The van der Waals surface area contributed by atoms with Gasteiger partial charge in [0, 0.05) is 29.6 Å². The van der Waals surface area contributed by atoms with E-state index >= 15 is 0 Å². The van der Waals surface area contributed by atoms with Crippen LogP contribution in [-0.2, 0) is 11.3 Å². The van der Waals surface area contributed by atoms with E-state index in [1.165, 1.54) is 24.3 Å². The molecule has 2 atom stereocenters. The summed E-state index contributed by atoms with van der Waals surface area (Å²) in [6, 6.07) is 10.6. The molecule has 0 radical (unpaired) electrons. The second-order valence-corrected chi connectivity index (χ2v) is 8.82. The van der Waals surface area contributed by atoms with E-state index in [2.05, 4.69) is 19.2 Å². The van der Waals surface area contributed by atoms with E-state index in [9.17, 15) is 13.6 Å². The SMILES string of the molecule is CC(C)[C@H]1c2nc(-c3ccc(F)cc3)c(Nc3ccc(Cl)c(F)c3)n2CCC1C(=O)CN.S. The molecule has 2 heterocycles. The molecular formula is C24H27ClF2N4OS. The molecule has 33 heavy (non-hydrogen) atoms. The lowest BCUT2D eigenvalue weighted by Crippen LogP contribution is -2.36. The molecule has 1 aliphatic rings. The summed E-state index contributed by atoms with van der Waals surface area (Å²) in [7, 11) is 0. The van der Waals surface area contributed by atoms with Crippen LogP contribution in [0.1, 0.15) is 32.0 Å². The highest BCUT2D eigenvalue weighted by Crippen LogP contribution is 2.43. The third-order valence-corrected chi connectivity index (χ3v) is 6.33. The van der Waals surface area contributed by atoms with Crippen LogP contribution < -0.4 is 11.1 Å². The van der Waals surface area contributed by atoms with Crippen molar-refractivity contribution in [3.63, 3.8) is 0 Å². The van der Waals surface area contributed by atoms with Crippen molar-refractivity contribution in [2.45, 2.75) is 32.7 Å². The van der Waals surface area contributed by atoms with Crippen LogP contribution in [0.5, 0.6) is 0 Å². The molecule has 3 aromatic rings. The van der Waals surface area contributed by atoms with E-state index in [-0.39, 0.29) is 54.4 Å². The molecule has 3 N–H and O–H groups in total. The van der Waals surface area contributed by atoms with Gasteiger partial charge in [-0.1, -0.05) is 25.4 Å². The van der Waals surface area contributed by atoms with Crippen LogP contribution in [0.15, 0.2) is 42.5 Å². The van der Waals surface area contributed by atoms with Crippen molar-refractivity contribution in [2.75, 3.05) is 11.9 Å². The quantitative estimate of drug-likeness (QED) is 0.468. The van der Waals surface area contributed by atoms with Crippen molar-refractivity contribution in [1.82, 2.24) is 9.55 Å². The molecule has 9 heteroatoms. The zero-order chi connectivity index (χ0) is 23.0. The number of aromatic nitrogens is 2. The van der Waals surface area contributed by atoms with E-state index in [0.29, 0.717) is 30.2 Å². The van der Waals surface area contributed by atoms with Crippen molar-refractivity contribution in [1.29, 1.82) is 0 Å². The van der Waals surface area contributed by atoms with Crippen LogP contribution >= 0.6 is 25.1 Å². The van der Waals surface area contributed by atoms with E-state index < -0.39 is 5.82 Å². The molecule has 0 amide bonds. The number of nitrogens with zero attached hydrogens (tertiary/aromatic N) is 2. The van der Waals surface area contributed by atoms with Crippen molar-refractivity contribution in [3.8, 4) is 11.3 Å². The van der Waals surface area contributed by atoms with Crippen molar-refractivity contribution in [2.24, 2.45) is 17.6 Å². The van der Waals surface area contributed by atoms with E-state index in [1.807, 2.05) is 4.57 Å². The molecule has 176 valence electrons. The molecule has 0 fully saturated rings. The summed E-state index contributed by atoms with van der Waals surface area (Å²) in [5, 5.41) is 3.31. The number of anilines is 2. The Balaban J connectivity index is 0.00000306. The van der Waals surface area contributed by atoms with Gasteiger partial charge in [0.15, 0.2) is 0 Å². The summed E-state index contributed by atoms with van der Waals surface area (Å²) in [5.74, 6) is 0.405. The minimum Gasteiger partial charge on any atom is -0.340 e. The molecule has 0 spiro atoms. The van der Waals surface area contributed by atoms with Gasteiger partial charge in [-0.05, 0) is 54.8 Å². The van der Waals surface area contributed by atoms with Gasteiger partial charge < -0.3 is 15.6 Å². The Kier molecular flexibility index (Phi) is 7.82. The van der Waals surface area contributed by atoms with Gasteiger partial charge in [0.25, 0.3) is 0 Å². The van der Waals surface area contributed by atoms with Crippen molar-refractivity contribution in [3.05, 3.63) is 64.9 Å². The topological polar surface area (TPSA) is 72.9 Å². The molecule has 2 aromatic carbocycles. The Morgan fingerprint density at radius 1 is 1.24 bits per heavy atom. The minimum absolute atomic E-state index is 0. The lowest BCUT2D eigenvalue weighted by atomic mass is 9.76. The first-order valence-electron chi connectivity index (χ1n) is 10.6. The normalized spacial score (nSPS) is 17.4. The fourth-order valence-electron chi connectivity index (χ4n) is 4.50. The predicted molar refractivity (Wildman–Crippen MR) is 132 cm³/mol. The number of carbonyl (C=O) groups excluding carboxylic acids is 1. The molecule has 4 rings (SSSR count). The van der Waals surface area contributed by atoms with Crippen molar-refractivity contribution < 1.29 is 13.6 Å². The number of hydrogen-bond donors (Lipinski definition) is 2. The van der Waals surface area contributed by atoms with Gasteiger partial charge in [-0.25, -0.2) is 13.8 Å². The smallest absolute Gasteiger partial charge is 0.150 e. The molecule has 1 unspecified atom stereocenters. The predicted octanol–water partition coefficient (Wildman–Crippen LogP) is 5.63. The molecule has 1 aliphatic heterocycles. The third-order valence-electron chi connectivity index (χ3n) is 6.03. The highest BCUT2D eigenvalue weighted by atomic mass is 35.5. The highest BCUT2D eigenvalue weighted by Gasteiger charge is 2.39. The maximum absolute atomic E-state index is 14.1. The third kappa shape index (κ3) is 4.93. The number of halogens is 3. The monoisotopic (exact) mass is 492 g/mol. The zero-order valence-electron chi connectivity index (χ0n) is 18.4. The van der Waals surface area contributed by atoms with Gasteiger partial charge >= 0.3 is 0 Å². The summed E-state index contributed by atoms with van der Waals surface area (Å²) < 4.78 is 29.7. The maximum Gasteiger partial charge on any atom is 0.150 e. The summed E-state index contributed by atoms with van der Waals surface area (Å²) >= 11 is 5.84. The zero-order valence-corrected chi connectivity index (χ0v) is 20.2. The molecule has 0 saturated carbocycles. The lowest BCUT2D eigenvalue weighted by molar-refractivity contribution is -0.123. The van der Waals surface area contributed by atoms with E-state index in [4.69, 9.17) is 22.3 Å². The second kappa shape index (κ2) is 10.2. The Morgan fingerprint density at radius 3 is 2.55 bits per heavy atom. The Labute approximate surface area is 203 Å². The van der Waals surface area contributed by atoms with Crippen LogP contribution in [0.4, 0.5) is 20.3 Å². The Hall–Kier alpha value is -2.42. The number of hydrogen-bond acceptors (Lipinski definition) is 4. The average Bonchev–Trinajstić information content (AvgIpc) is 3.13. The van der Waals surface area contributed by atoms with Crippen LogP contribution in [-0.4, -0.2) is 21.9 Å². The largest absolute Gasteiger partial charge is 0.340 e. The first-order valence-corrected chi connectivity index (χ1v) is 11.0. The van der Waals surface area contributed by atoms with Crippen molar-refractivity contribution >= 4 is 42.4 Å². The number of benzene rings is 2.